The second kappa shape index (κ2) is 7.28. The van der Waals surface area contributed by atoms with E-state index in [-0.39, 0.29) is 17.8 Å². The van der Waals surface area contributed by atoms with Gasteiger partial charge in [-0.3, -0.25) is 9.89 Å². The normalized spacial score (nSPS) is 16.8. The van der Waals surface area contributed by atoms with Crippen LogP contribution in [0.25, 0.3) is 11.3 Å². The van der Waals surface area contributed by atoms with Crippen LogP contribution in [0.3, 0.4) is 0 Å². The van der Waals surface area contributed by atoms with Crippen molar-refractivity contribution in [3.63, 3.8) is 0 Å². The number of H-pyrrole nitrogens is 1. The monoisotopic (exact) mass is 370 g/mol. The van der Waals surface area contributed by atoms with Crippen LogP contribution in [0.2, 0.25) is 0 Å². The first-order chi connectivity index (χ1) is 13.1. The lowest BCUT2D eigenvalue weighted by atomic mass is 10.1. The molecular weight excluding hydrogens is 351 g/mol. The lowest BCUT2D eigenvalue weighted by Crippen LogP contribution is -2.29. The third-order valence-corrected chi connectivity index (χ3v) is 4.62. The van der Waals surface area contributed by atoms with E-state index >= 15 is 0 Å². The van der Waals surface area contributed by atoms with Gasteiger partial charge in [0.2, 0.25) is 0 Å². The highest BCUT2D eigenvalue weighted by atomic mass is 19.1. The summed E-state index contributed by atoms with van der Waals surface area (Å²) in [6, 6.07) is 7.78. The minimum atomic E-state index is -0.310. The summed E-state index contributed by atoms with van der Waals surface area (Å²) in [6.07, 6.45) is 2.66. The van der Waals surface area contributed by atoms with Crippen molar-refractivity contribution in [3.05, 3.63) is 53.7 Å². The maximum absolute atomic E-state index is 13.1. The molecule has 1 fully saturated rings. The van der Waals surface area contributed by atoms with Gasteiger partial charge >= 0.3 is 0 Å². The molecule has 1 N–H and O–H groups in total. The topological polar surface area (TPSA) is 88.9 Å². The van der Waals surface area contributed by atoms with Crippen LogP contribution in [0.5, 0.6) is 0 Å². The number of amides is 1. The summed E-state index contributed by atoms with van der Waals surface area (Å²) in [5.74, 6) is -0.425. The van der Waals surface area contributed by atoms with Crippen LogP contribution in [0.4, 0.5) is 4.39 Å². The Morgan fingerprint density at radius 3 is 2.96 bits per heavy atom. The van der Waals surface area contributed by atoms with Gasteiger partial charge in [0.15, 0.2) is 0 Å². The fourth-order valence-corrected chi connectivity index (χ4v) is 3.22. The van der Waals surface area contributed by atoms with Crippen LogP contribution in [0.15, 0.2) is 36.5 Å². The number of aromatic nitrogens is 5. The first kappa shape index (κ1) is 17.3. The molecule has 1 aliphatic heterocycles. The van der Waals surface area contributed by atoms with Gasteiger partial charge in [0.05, 0.1) is 24.5 Å². The van der Waals surface area contributed by atoms with Crippen LogP contribution in [-0.2, 0) is 11.3 Å². The van der Waals surface area contributed by atoms with Gasteiger partial charge in [0, 0.05) is 25.8 Å². The third-order valence-electron chi connectivity index (χ3n) is 4.62. The Kier molecular flexibility index (Phi) is 4.68. The lowest BCUT2D eigenvalue weighted by molar-refractivity contribution is 0.0781. The molecule has 0 radical (unpaired) electrons. The van der Waals surface area contributed by atoms with Crippen LogP contribution in [-0.4, -0.2) is 56.2 Å². The summed E-state index contributed by atoms with van der Waals surface area (Å²) in [6.45, 7) is 1.60. The molecule has 1 aliphatic rings. The van der Waals surface area contributed by atoms with E-state index in [0.717, 1.165) is 17.7 Å². The van der Waals surface area contributed by atoms with Gasteiger partial charge in [-0.2, -0.15) is 5.10 Å². The Bertz CT molecular complexity index is 935. The van der Waals surface area contributed by atoms with Gasteiger partial charge in [-0.25, -0.2) is 9.07 Å². The van der Waals surface area contributed by atoms with E-state index in [9.17, 15) is 9.18 Å². The van der Waals surface area contributed by atoms with Gasteiger partial charge in [-0.05, 0) is 36.8 Å². The van der Waals surface area contributed by atoms with Crippen LogP contribution >= 0.6 is 0 Å². The standard InChI is InChI=1S/C18H19FN6O2/c1-27-11-14-9-25(23-20-14)15-6-7-24(10-15)18(26)17-8-16(21-22-17)12-2-4-13(19)5-3-12/h2-5,8-9,15H,6-7,10-11H2,1H3,(H,21,22). The number of halogens is 1. The molecule has 8 nitrogen and oxygen atoms in total. The van der Waals surface area contributed by atoms with Crippen molar-refractivity contribution in [2.24, 2.45) is 0 Å². The first-order valence-corrected chi connectivity index (χ1v) is 8.64. The van der Waals surface area contributed by atoms with E-state index in [2.05, 4.69) is 20.5 Å². The average Bonchev–Trinajstić information content (AvgIpc) is 3.42. The van der Waals surface area contributed by atoms with E-state index in [1.807, 2.05) is 6.20 Å². The molecular formula is C18H19FN6O2. The number of hydrogen-bond donors (Lipinski definition) is 1. The summed E-state index contributed by atoms with van der Waals surface area (Å²) >= 11 is 0. The minimum Gasteiger partial charge on any atom is -0.378 e. The predicted molar refractivity (Wildman–Crippen MR) is 94.3 cm³/mol. The fourth-order valence-electron chi connectivity index (χ4n) is 3.22. The average molecular weight is 370 g/mol. The maximum Gasteiger partial charge on any atom is 0.271 e. The second-order valence-corrected chi connectivity index (χ2v) is 6.49. The fraction of sp³-hybridized carbons (Fsp3) is 0.333. The van der Waals surface area contributed by atoms with Crippen molar-refractivity contribution >= 4 is 5.91 Å². The second-order valence-electron chi connectivity index (χ2n) is 6.49. The summed E-state index contributed by atoms with van der Waals surface area (Å²) in [5.41, 5.74) is 2.53. The van der Waals surface area contributed by atoms with Crippen molar-refractivity contribution < 1.29 is 13.9 Å². The number of nitrogens with one attached hydrogen (secondary N) is 1. The summed E-state index contributed by atoms with van der Waals surface area (Å²) in [5, 5.41) is 15.2. The smallest absolute Gasteiger partial charge is 0.271 e. The molecule has 27 heavy (non-hydrogen) atoms. The number of rotatable bonds is 5. The Morgan fingerprint density at radius 1 is 1.37 bits per heavy atom. The predicted octanol–water partition coefficient (Wildman–Crippen LogP) is 2.04. The highest BCUT2D eigenvalue weighted by molar-refractivity contribution is 5.93. The largest absolute Gasteiger partial charge is 0.378 e. The molecule has 4 rings (SSSR count). The van der Waals surface area contributed by atoms with E-state index in [0.29, 0.717) is 31.1 Å². The zero-order valence-corrected chi connectivity index (χ0v) is 14.8. The number of ether oxygens (including phenoxy) is 1. The quantitative estimate of drug-likeness (QED) is 0.742. The van der Waals surface area contributed by atoms with E-state index in [1.54, 1.807) is 34.9 Å². The van der Waals surface area contributed by atoms with Crippen LogP contribution < -0.4 is 0 Å². The highest BCUT2D eigenvalue weighted by Crippen LogP contribution is 2.24. The van der Waals surface area contributed by atoms with Gasteiger partial charge in [0.1, 0.15) is 17.2 Å². The van der Waals surface area contributed by atoms with E-state index < -0.39 is 0 Å². The summed E-state index contributed by atoms with van der Waals surface area (Å²) in [4.78, 5) is 14.5. The number of nitrogens with zero attached hydrogens (tertiary/aromatic N) is 5. The number of carbonyl (C=O) groups excluding carboxylic acids is 1. The first-order valence-electron chi connectivity index (χ1n) is 8.64. The zero-order chi connectivity index (χ0) is 18.8. The van der Waals surface area contributed by atoms with Crippen LogP contribution in [0, 0.1) is 5.82 Å². The van der Waals surface area contributed by atoms with E-state index in [1.165, 1.54) is 12.1 Å². The molecule has 1 atom stereocenters. The molecule has 3 aromatic rings. The van der Waals surface area contributed by atoms with Crippen molar-refractivity contribution in [3.8, 4) is 11.3 Å². The molecule has 9 heteroatoms. The Labute approximate surface area is 154 Å². The molecule has 2 aromatic heterocycles. The molecule has 0 spiro atoms. The summed E-state index contributed by atoms with van der Waals surface area (Å²) < 4.78 is 19.9. The molecule has 1 unspecified atom stereocenters. The number of benzene rings is 1. The summed E-state index contributed by atoms with van der Waals surface area (Å²) in [7, 11) is 1.61. The number of hydrogen-bond acceptors (Lipinski definition) is 5. The van der Waals surface area contributed by atoms with Crippen molar-refractivity contribution in [1.29, 1.82) is 0 Å². The Hall–Kier alpha value is -3.07. The minimum absolute atomic E-state index is 0.0894. The van der Waals surface area contributed by atoms with Crippen LogP contribution in [0.1, 0.15) is 28.6 Å². The third kappa shape index (κ3) is 3.59. The highest BCUT2D eigenvalue weighted by Gasteiger charge is 2.29. The van der Waals surface area contributed by atoms with Crippen molar-refractivity contribution in [2.75, 3.05) is 20.2 Å². The van der Waals surface area contributed by atoms with Gasteiger partial charge in [-0.15, -0.1) is 5.10 Å². The zero-order valence-electron chi connectivity index (χ0n) is 14.8. The maximum atomic E-state index is 13.1. The van der Waals surface area contributed by atoms with Crippen molar-refractivity contribution in [1.82, 2.24) is 30.1 Å². The number of aromatic amines is 1. The SMILES string of the molecule is COCc1cn(C2CCN(C(=O)c3cc(-c4ccc(F)cc4)n[nH]3)C2)nn1. The number of carbonyl (C=O) groups is 1. The molecule has 1 amide bonds. The Balaban J connectivity index is 1.43. The molecule has 140 valence electrons. The lowest BCUT2D eigenvalue weighted by Gasteiger charge is -2.15. The van der Waals surface area contributed by atoms with Crippen molar-refractivity contribution in [2.45, 2.75) is 19.1 Å². The molecule has 0 bridgehead atoms. The van der Waals surface area contributed by atoms with Gasteiger partial charge in [0.25, 0.3) is 5.91 Å². The number of likely N-dealkylation sites (tertiary alicyclic amines) is 1. The van der Waals surface area contributed by atoms with Gasteiger partial charge in [-0.1, -0.05) is 5.21 Å². The molecule has 1 aromatic carbocycles. The van der Waals surface area contributed by atoms with Gasteiger partial charge < -0.3 is 9.64 Å². The molecule has 0 aliphatic carbocycles. The Morgan fingerprint density at radius 2 is 2.19 bits per heavy atom. The molecule has 0 saturated carbocycles. The molecule has 1 saturated heterocycles. The molecule has 3 heterocycles. The number of methoxy groups -OCH3 is 1. The van der Waals surface area contributed by atoms with E-state index in [4.69, 9.17) is 4.74 Å².